The smallest absolute Gasteiger partial charge is 0.292 e. The Morgan fingerprint density at radius 2 is 1.86 bits per heavy atom. The van der Waals surface area contributed by atoms with E-state index >= 15 is 0 Å². The standard InChI is InChI=1S/C13H15N5O3S/c19-13(12-14-9-15-17-12)16-10-3-5-11(6-4-10)22(20,21)18-7-1-2-8-18/h3-6,9H,1-2,7-8H2,(H,16,19)(H,14,15,17). The number of anilines is 1. The minimum absolute atomic E-state index is 0.0914. The molecule has 3 rings (SSSR count). The van der Waals surface area contributed by atoms with Gasteiger partial charge in [-0.1, -0.05) is 0 Å². The second kappa shape index (κ2) is 5.85. The van der Waals surface area contributed by atoms with Crippen LogP contribution >= 0.6 is 0 Å². The highest BCUT2D eigenvalue weighted by molar-refractivity contribution is 7.89. The number of nitrogens with one attached hydrogen (secondary N) is 2. The third-order valence-corrected chi connectivity index (χ3v) is 5.36. The van der Waals surface area contributed by atoms with Gasteiger partial charge in [-0.2, -0.15) is 9.40 Å². The van der Waals surface area contributed by atoms with Crippen LogP contribution in [-0.2, 0) is 10.0 Å². The molecule has 0 bridgehead atoms. The number of rotatable bonds is 4. The van der Waals surface area contributed by atoms with Crippen LogP contribution in [0.3, 0.4) is 0 Å². The highest BCUT2D eigenvalue weighted by Gasteiger charge is 2.26. The maximum atomic E-state index is 12.4. The lowest BCUT2D eigenvalue weighted by Gasteiger charge is -2.15. The molecule has 1 saturated heterocycles. The largest absolute Gasteiger partial charge is 0.319 e. The van der Waals surface area contributed by atoms with E-state index < -0.39 is 15.9 Å². The van der Waals surface area contributed by atoms with Crippen molar-refractivity contribution in [3.63, 3.8) is 0 Å². The van der Waals surface area contributed by atoms with Crippen molar-refractivity contribution in [3.05, 3.63) is 36.4 Å². The number of H-pyrrole nitrogens is 1. The van der Waals surface area contributed by atoms with E-state index in [1.165, 1.54) is 22.8 Å². The second-order valence-electron chi connectivity index (χ2n) is 4.92. The van der Waals surface area contributed by atoms with Gasteiger partial charge in [0.15, 0.2) is 0 Å². The molecule has 116 valence electrons. The van der Waals surface area contributed by atoms with Crippen LogP contribution in [0.4, 0.5) is 5.69 Å². The molecule has 0 atom stereocenters. The molecule has 0 radical (unpaired) electrons. The van der Waals surface area contributed by atoms with Crippen molar-refractivity contribution < 1.29 is 13.2 Å². The number of carbonyl (C=O) groups is 1. The van der Waals surface area contributed by atoms with E-state index in [0.717, 1.165) is 12.8 Å². The molecule has 2 heterocycles. The summed E-state index contributed by atoms with van der Waals surface area (Å²) in [6.07, 6.45) is 3.02. The quantitative estimate of drug-likeness (QED) is 0.867. The van der Waals surface area contributed by atoms with Crippen LogP contribution in [0.5, 0.6) is 0 Å². The Morgan fingerprint density at radius 3 is 2.45 bits per heavy atom. The van der Waals surface area contributed by atoms with E-state index in [4.69, 9.17) is 0 Å². The summed E-state index contributed by atoms with van der Waals surface area (Å²) in [5.74, 6) is -0.346. The van der Waals surface area contributed by atoms with Crippen LogP contribution in [0.25, 0.3) is 0 Å². The average Bonchev–Trinajstić information content (AvgIpc) is 3.21. The van der Waals surface area contributed by atoms with Gasteiger partial charge < -0.3 is 5.32 Å². The summed E-state index contributed by atoms with van der Waals surface area (Å²) in [6.45, 7) is 1.12. The first-order valence-electron chi connectivity index (χ1n) is 6.84. The van der Waals surface area contributed by atoms with Crippen molar-refractivity contribution in [2.45, 2.75) is 17.7 Å². The molecule has 1 aliphatic rings. The molecule has 0 aliphatic carbocycles. The van der Waals surface area contributed by atoms with Crippen LogP contribution in [0.2, 0.25) is 0 Å². The van der Waals surface area contributed by atoms with E-state index in [1.54, 1.807) is 12.1 Å². The monoisotopic (exact) mass is 321 g/mol. The minimum Gasteiger partial charge on any atom is -0.319 e. The van der Waals surface area contributed by atoms with Crippen molar-refractivity contribution >= 4 is 21.6 Å². The molecule has 8 nitrogen and oxygen atoms in total. The Balaban J connectivity index is 1.74. The van der Waals surface area contributed by atoms with Crippen molar-refractivity contribution in [2.75, 3.05) is 18.4 Å². The molecule has 2 N–H and O–H groups in total. The number of benzene rings is 1. The number of hydrogen-bond acceptors (Lipinski definition) is 5. The van der Waals surface area contributed by atoms with E-state index in [9.17, 15) is 13.2 Å². The molecule has 1 aromatic heterocycles. The molecule has 0 spiro atoms. The van der Waals surface area contributed by atoms with Gasteiger partial charge in [0.25, 0.3) is 5.91 Å². The zero-order chi connectivity index (χ0) is 15.6. The molecular formula is C13H15N5O3S. The fourth-order valence-electron chi connectivity index (χ4n) is 2.29. The maximum Gasteiger partial charge on any atom is 0.292 e. The Bertz CT molecular complexity index is 749. The van der Waals surface area contributed by atoms with Crippen molar-refractivity contribution in [2.24, 2.45) is 0 Å². The van der Waals surface area contributed by atoms with Crippen molar-refractivity contribution in [1.82, 2.24) is 19.5 Å². The van der Waals surface area contributed by atoms with Gasteiger partial charge in [0.05, 0.1) is 4.90 Å². The molecule has 9 heteroatoms. The molecule has 22 heavy (non-hydrogen) atoms. The second-order valence-corrected chi connectivity index (χ2v) is 6.86. The predicted octanol–water partition coefficient (Wildman–Crippen LogP) is 0.841. The van der Waals surface area contributed by atoms with Crippen LogP contribution in [0.15, 0.2) is 35.5 Å². The lowest BCUT2D eigenvalue weighted by molar-refractivity contribution is 0.101. The van der Waals surface area contributed by atoms with Gasteiger partial charge in [-0.05, 0) is 37.1 Å². The minimum atomic E-state index is -3.44. The number of aromatic nitrogens is 3. The first-order valence-corrected chi connectivity index (χ1v) is 8.28. The van der Waals surface area contributed by atoms with Crippen LogP contribution in [0.1, 0.15) is 23.5 Å². The van der Waals surface area contributed by atoms with E-state index in [1.807, 2.05) is 0 Å². The molecule has 1 aromatic carbocycles. The SMILES string of the molecule is O=C(Nc1ccc(S(=O)(=O)N2CCCC2)cc1)c1ncn[nH]1. The van der Waals surface area contributed by atoms with Gasteiger partial charge in [0.2, 0.25) is 15.8 Å². The number of carbonyl (C=O) groups excluding carboxylic acids is 1. The normalized spacial score (nSPS) is 15.8. The lowest BCUT2D eigenvalue weighted by atomic mass is 10.3. The Labute approximate surface area is 127 Å². The highest BCUT2D eigenvalue weighted by atomic mass is 32.2. The summed E-state index contributed by atoms with van der Waals surface area (Å²) in [5.41, 5.74) is 0.488. The zero-order valence-corrected chi connectivity index (χ0v) is 12.5. The number of sulfonamides is 1. The van der Waals surface area contributed by atoms with Gasteiger partial charge in [0, 0.05) is 18.8 Å². The summed E-state index contributed by atoms with van der Waals surface area (Å²) in [7, 11) is -3.44. The van der Waals surface area contributed by atoms with Gasteiger partial charge in [0.1, 0.15) is 6.33 Å². The molecule has 1 aliphatic heterocycles. The van der Waals surface area contributed by atoms with Crippen LogP contribution < -0.4 is 5.32 Å². The van der Waals surface area contributed by atoms with Gasteiger partial charge in [-0.15, -0.1) is 0 Å². The number of amides is 1. The third-order valence-electron chi connectivity index (χ3n) is 3.45. The van der Waals surface area contributed by atoms with Crippen LogP contribution in [-0.4, -0.2) is 46.9 Å². The first kappa shape index (κ1) is 14.7. The van der Waals surface area contributed by atoms with Gasteiger partial charge >= 0.3 is 0 Å². The van der Waals surface area contributed by atoms with Gasteiger partial charge in [-0.3, -0.25) is 9.89 Å². The Hall–Kier alpha value is -2.26. The summed E-state index contributed by atoms with van der Waals surface area (Å²) in [5, 5.41) is 8.66. The predicted molar refractivity (Wildman–Crippen MR) is 78.8 cm³/mol. The number of hydrogen-bond donors (Lipinski definition) is 2. The summed E-state index contributed by atoms with van der Waals surface area (Å²) in [6, 6.07) is 6.09. The zero-order valence-electron chi connectivity index (χ0n) is 11.7. The molecule has 1 amide bonds. The fraction of sp³-hybridized carbons (Fsp3) is 0.308. The molecule has 0 saturated carbocycles. The summed E-state index contributed by atoms with van der Waals surface area (Å²) < 4.78 is 26.2. The summed E-state index contributed by atoms with van der Waals surface area (Å²) in [4.78, 5) is 15.8. The van der Waals surface area contributed by atoms with Crippen molar-refractivity contribution in [3.8, 4) is 0 Å². The maximum absolute atomic E-state index is 12.4. The topological polar surface area (TPSA) is 108 Å². The van der Waals surface area contributed by atoms with E-state index in [-0.39, 0.29) is 10.7 Å². The average molecular weight is 321 g/mol. The highest BCUT2D eigenvalue weighted by Crippen LogP contribution is 2.22. The van der Waals surface area contributed by atoms with E-state index in [2.05, 4.69) is 20.5 Å². The van der Waals surface area contributed by atoms with Crippen LogP contribution in [0, 0.1) is 0 Å². The molecule has 0 unspecified atom stereocenters. The first-order chi connectivity index (χ1) is 10.6. The number of nitrogens with zero attached hydrogens (tertiary/aromatic N) is 3. The Kier molecular flexibility index (Phi) is 3.90. The Morgan fingerprint density at radius 1 is 1.18 bits per heavy atom. The summed E-state index contributed by atoms with van der Waals surface area (Å²) >= 11 is 0. The molecule has 2 aromatic rings. The fourth-order valence-corrected chi connectivity index (χ4v) is 3.81. The molecule has 1 fully saturated rings. The van der Waals surface area contributed by atoms with E-state index in [0.29, 0.717) is 18.8 Å². The third kappa shape index (κ3) is 2.85. The van der Waals surface area contributed by atoms with Gasteiger partial charge in [-0.25, -0.2) is 13.4 Å². The lowest BCUT2D eigenvalue weighted by Crippen LogP contribution is -2.27. The molecular weight excluding hydrogens is 306 g/mol. The van der Waals surface area contributed by atoms with Crippen molar-refractivity contribution in [1.29, 1.82) is 0 Å². The number of aromatic amines is 1.